The first kappa shape index (κ1) is 14.1. The van der Waals surface area contributed by atoms with E-state index in [9.17, 15) is 8.78 Å². The smallest absolute Gasteiger partial charge is 0.230 e. The predicted molar refractivity (Wildman–Crippen MR) is 73.4 cm³/mol. The van der Waals surface area contributed by atoms with E-state index in [0.717, 1.165) is 31.4 Å². The Kier molecular flexibility index (Phi) is 3.96. The van der Waals surface area contributed by atoms with Crippen molar-refractivity contribution in [2.24, 2.45) is 11.7 Å². The highest BCUT2D eigenvalue weighted by Crippen LogP contribution is 2.37. The Morgan fingerprint density at radius 1 is 1.19 bits per heavy atom. The lowest BCUT2D eigenvalue weighted by Gasteiger charge is -2.27. The number of rotatable bonds is 3. The molecule has 0 amide bonds. The number of aromatic nitrogens is 2. The fourth-order valence-corrected chi connectivity index (χ4v) is 2.95. The zero-order valence-corrected chi connectivity index (χ0v) is 11.6. The molecule has 0 aliphatic heterocycles. The maximum absolute atomic E-state index is 13.3. The lowest BCUT2D eigenvalue weighted by Crippen LogP contribution is -2.25. The molecule has 0 radical (unpaired) electrons. The summed E-state index contributed by atoms with van der Waals surface area (Å²) in [4.78, 5) is 4.35. The maximum atomic E-state index is 13.3. The first-order valence-corrected chi connectivity index (χ1v) is 7.18. The molecule has 1 aromatic carbocycles. The monoisotopic (exact) mass is 293 g/mol. The summed E-state index contributed by atoms with van der Waals surface area (Å²) in [5, 5.41) is 3.89. The van der Waals surface area contributed by atoms with Crippen molar-refractivity contribution in [1.82, 2.24) is 10.1 Å². The van der Waals surface area contributed by atoms with Crippen molar-refractivity contribution < 1.29 is 13.3 Å². The number of nitrogens with zero attached hydrogens (tertiary/aromatic N) is 2. The summed E-state index contributed by atoms with van der Waals surface area (Å²) < 4.78 is 31.5. The van der Waals surface area contributed by atoms with Gasteiger partial charge in [0.15, 0.2) is 11.6 Å². The molecule has 1 saturated carbocycles. The minimum absolute atomic E-state index is 0.162. The second-order valence-electron chi connectivity index (χ2n) is 5.47. The van der Waals surface area contributed by atoms with E-state index in [4.69, 9.17) is 10.3 Å². The third kappa shape index (κ3) is 2.81. The highest BCUT2D eigenvalue weighted by atomic mass is 19.2. The molecule has 1 aromatic heterocycles. The van der Waals surface area contributed by atoms with Gasteiger partial charge in [-0.25, -0.2) is 8.78 Å². The standard InChI is InChI=1S/C15H17F2N3O/c16-12-6-5-9(7-13(12)17)14-19-15(21-20-14)11-4-2-1-3-10(11)8-18/h5-7,10-11H,1-4,8,18H2. The van der Waals surface area contributed by atoms with Crippen molar-refractivity contribution in [1.29, 1.82) is 0 Å². The third-order valence-electron chi connectivity index (χ3n) is 4.15. The van der Waals surface area contributed by atoms with Gasteiger partial charge >= 0.3 is 0 Å². The Morgan fingerprint density at radius 2 is 2.00 bits per heavy atom. The summed E-state index contributed by atoms with van der Waals surface area (Å²) in [5.74, 6) is -0.475. The highest BCUT2D eigenvalue weighted by molar-refractivity contribution is 5.54. The summed E-state index contributed by atoms with van der Waals surface area (Å²) in [6.07, 6.45) is 4.32. The number of hydrogen-bond donors (Lipinski definition) is 1. The Hall–Kier alpha value is -1.82. The fourth-order valence-electron chi connectivity index (χ4n) is 2.95. The SMILES string of the molecule is NCC1CCCCC1c1nc(-c2ccc(F)c(F)c2)no1. The van der Waals surface area contributed by atoms with Crippen LogP contribution in [0, 0.1) is 17.6 Å². The van der Waals surface area contributed by atoms with Crippen molar-refractivity contribution in [2.75, 3.05) is 6.54 Å². The molecular formula is C15H17F2N3O. The van der Waals surface area contributed by atoms with Gasteiger partial charge in [0.25, 0.3) is 0 Å². The Balaban J connectivity index is 1.86. The van der Waals surface area contributed by atoms with Crippen LogP contribution in [-0.2, 0) is 0 Å². The topological polar surface area (TPSA) is 64.9 Å². The van der Waals surface area contributed by atoms with E-state index in [1.54, 1.807) is 0 Å². The molecule has 2 aromatic rings. The van der Waals surface area contributed by atoms with Gasteiger partial charge in [0, 0.05) is 11.5 Å². The van der Waals surface area contributed by atoms with Crippen molar-refractivity contribution in [3.05, 3.63) is 35.7 Å². The second kappa shape index (κ2) is 5.89. The predicted octanol–water partition coefficient (Wildman–Crippen LogP) is 3.25. The molecule has 0 saturated heterocycles. The summed E-state index contributed by atoms with van der Waals surface area (Å²) in [7, 11) is 0. The highest BCUT2D eigenvalue weighted by Gasteiger charge is 2.30. The molecule has 1 fully saturated rings. The van der Waals surface area contributed by atoms with Crippen LogP contribution in [0.2, 0.25) is 0 Å². The fraction of sp³-hybridized carbons (Fsp3) is 0.467. The Labute approximate surface area is 121 Å². The Morgan fingerprint density at radius 3 is 2.76 bits per heavy atom. The molecule has 2 N–H and O–H groups in total. The quantitative estimate of drug-likeness (QED) is 0.943. The van der Waals surface area contributed by atoms with Gasteiger partial charge in [-0.05, 0) is 43.5 Å². The molecule has 112 valence electrons. The van der Waals surface area contributed by atoms with Gasteiger partial charge in [0.1, 0.15) is 0 Å². The average molecular weight is 293 g/mol. The third-order valence-corrected chi connectivity index (χ3v) is 4.15. The number of nitrogens with two attached hydrogens (primary N) is 1. The molecular weight excluding hydrogens is 276 g/mol. The normalized spacial score (nSPS) is 22.4. The maximum Gasteiger partial charge on any atom is 0.230 e. The Bertz CT molecular complexity index is 629. The molecule has 0 spiro atoms. The van der Waals surface area contributed by atoms with Gasteiger partial charge in [-0.15, -0.1) is 0 Å². The minimum atomic E-state index is -0.920. The van der Waals surface area contributed by atoms with E-state index in [-0.39, 0.29) is 11.7 Å². The van der Waals surface area contributed by atoms with Crippen LogP contribution in [0.4, 0.5) is 8.78 Å². The van der Waals surface area contributed by atoms with E-state index in [1.165, 1.54) is 12.5 Å². The number of halogens is 2. The summed E-state index contributed by atoms with van der Waals surface area (Å²) in [6, 6.07) is 3.57. The lowest BCUT2D eigenvalue weighted by atomic mass is 9.79. The lowest BCUT2D eigenvalue weighted by molar-refractivity contribution is 0.249. The van der Waals surface area contributed by atoms with Crippen LogP contribution < -0.4 is 5.73 Å². The van der Waals surface area contributed by atoms with Gasteiger partial charge in [0.05, 0.1) is 0 Å². The molecule has 3 rings (SSSR count). The van der Waals surface area contributed by atoms with Gasteiger partial charge < -0.3 is 10.3 Å². The molecule has 0 bridgehead atoms. The first-order valence-electron chi connectivity index (χ1n) is 7.18. The molecule has 1 heterocycles. The molecule has 2 unspecified atom stereocenters. The van der Waals surface area contributed by atoms with Gasteiger partial charge in [-0.3, -0.25) is 0 Å². The molecule has 21 heavy (non-hydrogen) atoms. The van der Waals surface area contributed by atoms with Crippen LogP contribution in [0.25, 0.3) is 11.4 Å². The summed E-state index contributed by atoms with van der Waals surface area (Å²) in [5.41, 5.74) is 6.21. The molecule has 1 aliphatic rings. The van der Waals surface area contributed by atoms with Crippen molar-refractivity contribution in [2.45, 2.75) is 31.6 Å². The van der Waals surface area contributed by atoms with E-state index < -0.39 is 11.6 Å². The van der Waals surface area contributed by atoms with Crippen LogP contribution in [0.1, 0.15) is 37.5 Å². The molecule has 2 atom stereocenters. The van der Waals surface area contributed by atoms with E-state index in [2.05, 4.69) is 10.1 Å². The number of hydrogen-bond acceptors (Lipinski definition) is 4. The van der Waals surface area contributed by atoms with Gasteiger partial charge in [-0.2, -0.15) is 4.98 Å². The van der Waals surface area contributed by atoms with Crippen LogP contribution in [0.5, 0.6) is 0 Å². The van der Waals surface area contributed by atoms with Crippen LogP contribution in [0.15, 0.2) is 22.7 Å². The van der Waals surface area contributed by atoms with Crippen LogP contribution in [-0.4, -0.2) is 16.7 Å². The number of benzene rings is 1. The van der Waals surface area contributed by atoms with Crippen molar-refractivity contribution in [3.8, 4) is 11.4 Å². The largest absolute Gasteiger partial charge is 0.339 e. The average Bonchev–Trinajstić information content (AvgIpc) is 2.99. The van der Waals surface area contributed by atoms with E-state index in [0.29, 0.717) is 23.9 Å². The van der Waals surface area contributed by atoms with E-state index in [1.807, 2.05) is 0 Å². The van der Waals surface area contributed by atoms with Gasteiger partial charge in [-0.1, -0.05) is 18.0 Å². The van der Waals surface area contributed by atoms with Gasteiger partial charge in [0.2, 0.25) is 11.7 Å². The molecule has 1 aliphatic carbocycles. The van der Waals surface area contributed by atoms with E-state index >= 15 is 0 Å². The summed E-state index contributed by atoms with van der Waals surface area (Å²) in [6.45, 7) is 0.591. The first-order chi connectivity index (χ1) is 10.2. The summed E-state index contributed by atoms with van der Waals surface area (Å²) >= 11 is 0. The zero-order valence-electron chi connectivity index (χ0n) is 11.6. The molecule has 4 nitrogen and oxygen atoms in total. The molecule has 6 heteroatoms. The van der Waals surface area contributed by atoms with Crippen molar-refractivity contribution in [3.63, 3.8) is 0 Å². The van der Waals surface area contributed by atoms with Crippen LogP contribution in [0.3, 0.4) is 0 Å². The zero-order chi connectivity index (χ0) is 14.8. The van der Waals surface area contributed by atoms with Crippen molar-refractivity contribution >= 4 is 0 Å². The van der Waals surface area contributed by atoms with Crippen LogP contribution >= 0.6 is 0 Å². The minimum Gasteiger partial charge on any atom is -0.339 e. The second-order valence-corrected chi connectivity index (χ2v) is 5.47.